The summed E-state index contributed by atoms with van der Waals surface area (Å²) in [6.45, 7) is 0. The van der Waals surface area contributed by atoms with Crippen LogP contribution in [-0.4, -0.2) is 9.97 Å². The van der Waals surface area contributed by atoms with Crippen molar-refractivity contribution < 1.29 is 0 Å². The van der Waals surface area contributed by atoms with Crippen LogP contribution < -0.4 is 0 Å². The lowest BCUT2D eigenvalue weighted by Crippen LogP contribution is -1.92. The molecule has 46 heavy (non-hydrogen) atoms. The molecule has 0 radical (unpaired) electrons. The Bertz CT molecular complexity index is 2570. The summed E-state index contributed by atoms with van der Waals surface area (Å²) in [6, 6.07) is 56.6. The summed E-state index contributed by atoms with van der Waals surface area (Å²) in [5.41, 5.74) is 10.1. The van der Waals surface area contributed by atoms with Gasteiger partial charge >= 0.3 is 0 Å². The Morgan fingerprint density at radius 1 is 0.304 bits per heavy atom. The third-order valence-electron chi connectivity index (χ3n) is 9.11. The van der Waals surface area contributed by atoms with E-state index in [1.165, 1.54) is 54.6 Å². The molecule has 0 aliphatic heterocycles. The molecule has 7 aromatic carbocycles. The largest absolute Gasteiger partial charge is 0.256 e. The lowest BCUT2D eigenvalue weighted by Gasteiger charge is -2.19. The van der Waals surface area contributed by atoms with Crippen LogP contribution >= 0.6 is 0 Å². The maximum atomic E-state index is 4.90. The predicted octanol–water partition coefficient (Wildman–Crippen LogP) is 11.8. The fraction of sp³-hybridized carbons (Fsp3) is 0. The van der Waals surface area contributed by atoms with Crippen molar-refractivity contribution >= 4 is 43.2 Å². The highest BCUT2D eigenvalue weighted by atomic mass is 14.7. The van der Waals surface area contributed by atoms with Gasteiger partial charge in [-0.1, -0.05) is 127 Å². The molecule has 0 saturated carbocycles. The van der Waals surface area contributed by atoms with Gasteiger partial charge in [-0.15, -0.1) is 0 Å². The van der Waals surface area contributed by atoms with Crippen molar-refractivity contribution in [2.45, 2.75) is 0 Å². The van der Waals surface area contributed by atoms with Crippen LogP contribution in [0.2, 0.25) is 0 Å². The molecule has 0 bridgehead atoms. The van der Waals surface area contributed by atoms with E-state index in [0.717, 1.165) is 33.3 Å². The van der Waals surface area contributed by atoms with Gasteiger partial charge in [0.05, 0.1) is 11.2 Å². The third kappa shape index (κ3) is 4.43. The minimum atomic E-state index is 0.914. The second-order valence-corrected chi connectivity index (χ2v) is 11.8. The van der Waals surface area contributed by atoms with Gasteiger partial charge in [0.1, 0.15) is 0 Å². The van der Waals surface area contributed by atoms with Gasteiger partial charge in [0.2, 0.25) is 0 Å². The average molecular weight is 585 g/mol. The maximum absolute atomic E-state index is 4.90. The lowest BCUT2D eigenvalue weighted by molar-refractivity contribution is 1.31. The average Bonchev–Trinajstić information content (AvgIpc) is 3.13. The standard InChI is InChI=1S/C44H28N2/c1-2-11-30(12-3-1)43-37-15-7-8-16-38(37)44(34-19-18-29-10-4-5-13-31(29)24-34)40-26-32(20-22-39(40)43)35-21-23-42(45-27-35)36-25-33-14-6-9-17-41(33)46-28-36/h1-28H. The summed E-state index contributed by atoms with van der Waals surface area (Å²) < 4.78 is 0. The third-order valence-corrected chi connectivity index (χ3v) is 9.11. The Morgan fingerprint density at radius 3 is 1.72 bits per heavy atom. The molecule has 2 heteroatoms. The molecule has 0 aliphatic rings. The van der Waals surface area contributed by atoms with E-state index < -0.39 is 0 Å². The molecule has 0 unspecified atom stereocenters. The van der Waals surface area contributed by atoms with Crippen LogP contribution in [0.1, 0.15) is 0 Å². The molecule has 0 amide bonds. The van der Waals surface area contributed by atoms with E-state index in [9.17, 15) is 0 Å². The van der Waals surface area contributed by atoms with Gasteiger partial charge in [-0.3, -0.25) is 9.97 Å². The Balaban J connectivity index is 1.26. The number of benzene rings is 7. The van der Waals surface area contributed by atoms with Crippen LogP contribution in [0.3, 0.4) is 0 Å². The number of para-hydroxylation sites is 1. The van der Waals surface area contributed by atoms with Crippen molar-refractivity contribution in [1.82, 2.24) is 9.97 Å². The van der Waals surface area contributed by atoms with Crippen molar-refractivity contribution in [3.63, 3.8) is 0 Å². The van der Waals surface area contributed by atoms with Gasteiger partial charge in [0.15, 0.2) is 0 Å². The van der Waals surface area contributed by atoms with E-state index in [4.69, 9.17) is 4.98 Å². The van der Waals surface area contributed by atoms with Crippen LogP contribution in [0.15, 0.2) is 170 Å². The van der Waals surface area contributed by atoms with Crippen molar-refractivity contribution in [3.8, 4) is 44.6 Å². The van der Waals surface area contributed by atoms with Gasteiger partial charge in [-0.25, -0.2) is 0 Å². The lowest BCUT2D eigenvalue weighted by atomic mass is 9.84. The van der Waals surface area contributed by atoms with Crippen LogP contribution in [-0.2, 0) is 0 Å². The molecule has 0 saturated heterocycles. The van der Waals surface area contributed by atoms with Gasteiger partial charge < -0.3 is 0 Å². The monoisotopic (exact) mass is 584 g/mol. The number of pyridine rings is 2. The Morgan fingerprint density at radius 2 is 0.913 bits per heavy atom. The smallest absolute Gasteiger partial charge is 0.0718 e. The number of hydrogen-bond acceptors (Lipinski definition) is 2. The van der Waals surface area contributed by atoms with Gasteiger partial charge in [0.25, 0.3) is 0 Å². The van der Waals surface area contributed by atoms with E-state index in [1.54, 1.807) is 0 Å². The van der Waals surface area contributed by atoms with E-state index >= 15 is 0 Å². The molecule has 214 valence electrons. The molecule has 9 aromatic rings. The number of rotatable bonds is 4. The second-order valence-electron chi connectivity index (χ2n) is 11.8. The van der Waals surface area contributed by atoms with Crippen molar-refractivity contribution in [2.24, 2.45) is 0 Å². The maximum Gasteiger partial charge on any atom is 0.0718 e. The summed E-state index contributed by atoms with van der Waals surface area (Å²) in [4.78, 5) is 9.55. The van der Waals surface area contributed by atoms with Crippen molar-refractivity contribution in [2.75, 3.05) is 0 Å². The zero-order valence-corrected chi connectivity index (χ0v) is 25.1. The molecule has 0 aliphatic carbocycles. The number of nitrogens with zero attached hydrogens (tertiary/aromatic N) is 2. The fourth-order valence-electron chi connectivity index (χ4n) is 6.88. The number of fused-ring (bicyclic) bond motifs is 4. The molecule has 0 fully saturated rings. The van der Waals surface area contributed by atoms with Crippen LogP contribution in [0.5, 0.6) is 0 Å². The van der Waals surface area contributed by atoms with Gasteiger partial charge in [-0.2, -0.15) is 0 Å². The van der Waals surface area contributed by atoms with Crippen LogP contribution in [0, 0.1) is 0 Å². The van der Waals surface area contributed by atoms with Crippen LogP contribution in [0.4, 0.5) is 0 Å². The minimum Gasteiger partial charge on any atom is -0.256 e. The predicted molar refractivity (Wildman–Crippen MR) is 194 cm³/mol. The highest BCUT2D eigenvalue weighted by Crippen LogP contribution is 2.45. The first-order chi connectivity index (χ1) is 22.8. The molecular formula is C44H28N2. The van der Waals surface area contributed by atoms with Gasteiger partial charge in [-0.05, 0) is 90.5 Å². The van der Waals surface area contributed by atoms with Crippen molar-refractivity contribution in [1.29, 1.82) is 0 Å². The normalized spacial score (nSPS) is 11.5. The Labute approximate surface area is 267 Å². The summed E-state index contributed by atoms with van der Waals surface area (Å²) in [5, 5.41) is 8.57. The van der Waals surface area contributed by atoms with E-state index in [-0.39, 0.29) is 0 Å². The van der Waals surface area contributed by atoms with Crippen LogP contribution in [0.25, 0.3) is 87.9 Å². The molecule has 9 rings (SSSR count). The van der Waals surface area contributed by atoms with E-state index in [0.29, 0.717) is 0 Å². The zero-order chi connectivity index (χ0) is 30.5. The fourth-order valence-corrected chi connectivity index (χ4v) is 6.88. The molecule has 0 atom stereocenters. The topological polar surface area (TPSA) is 25.8 Å². The molecule has 0 N–H and O–H groups in total. The number of hydrogen-bond donors (Lipinski definition) is 0. The quantitative estimate of drug-likeness (QED) is 0.192. The highest BCUT2D eigenvalue weighted by molar-refractivity contribution is 6.22. The minimum absolute atomic E-state index is 0.914. The van der Waals surface area contributed by atoms with Gasteiger partial charge in [0, 0.05) is 28.9 Å². The summed E-state index contributed by atoms with van der Waals surface area (Å²) in [7, 11) is 0. The first-order valence-electron chi connectivity index (χ1n) is 15.6. The van der Waals surface area contributed by atoms with E-state index in [1.807, 2.05) is 30.6 Å². The summed E-state index contributed by atoms with van der Waals surface area (Å²) >= 11 is 0. The number of aromatic nitrogens is 2. The van der Waals surface area contributed by atoms with E-state index in [2.05, 4.69) is 145 Å². The molecule has 0 spiro atoms. The van der Waals surface area contributed by atoms with Crippen molar-refractivity contribution in [3.05, 3.63) is 170 Å². The Kier molecular flexibility index (Phi) is 6.17. The molecule has 2 heterocycles. The molecule has 2 nitrogen and oxygen atoms in total. The Hall–Kier alpha value is -6.12. The highest BCUT2D eigenvalue weighted by Gasteiger charge is 2.18. The first kappa shape index (κ1) is 26.3. The SMILES string of the molecule is c1ccc(-c2c3ccccc3c(-c3ccc4ccccc4c3)c3cc(-c4ccc(-c5cnc6ccccc6c5)nc4)ccc23)cc1. The summed E-state index contributed by atoms with van der Waals surface area (Å²) in [5.74, 6) is 0. The second kappa shape index (κ2) is 10.8. The zero-order valence-electron chi connectivity index (χ0n) is 25.1. The first-order valence-corrected chi connectivity index (χ1v) is 15.6. The summed E-state index contributed by atoms with van der Waals surface area (Å²) in [6.07, 6.45) is 3.90. The molecule has 2 aromatic heterocycles. The molecular weight excluding hydrogens is 556 g/mol.